The lowest BCUT2D eigenvalue weighted by Gasteiger charge is -2.13. The lowest BCUT2D eigenvalue weighted by atomic mass is 10.1. The Morgan fingerprint density at radius 2 is 1.86 bits per heavy atom. The second-order valence-corrected chi connectivity index (χ2v) is 7.13. The normalized spacial score (nSPS) is 11.1. The Kier molecular flexibility index (Phi) is 8.80. The zero-order valence-electron chi connectivity index (χ0n) is 17.5. The minimum Gasteiger partial charge on any atom is -0.497 e. The second-order valence-electron chi connectivity index (χ2n) is 6.73. The molecule has 0 atom stereocenters. The number of carbonyl (C=O) groups excluding carboxylic acids is 1. The molecule has 0 aromatic heterocycles. The first kappa shape index (κ1) is 22.6. The molecule has 0 fully saturated rings. The van der Waals surface area contributed by atoms with Crippen LogP contribution in [0.5, 0.6) is 5.75 Å². The topological polar surface area (TPSA) is 66.0 Å². The smallest absolute Gasteiger partial charge is 0.253 e. The van der Waals surface area contributed by atoms with E-state index in [1.165, 1.54) is 0 Å². The first-order valence-electron chi connectivity index (χ1n) is 9.59. The fourth-order valence-electron chi connectivity index (χ4n) is 2.70. The van der Waals surface area contributed by atoms with Gasteiger partial charge >= 0.3 is 0 Å². The standard InChI is InChI=1S/C22H29ClN4O2/c1-5-24-22(25-13-12-17-10-11-19(29-4)14-20(17)23)26-15-16-6-8-18(9-7-16)21(28)27(2)3/h6-11,14H,5,12-13,15H2,1-4H3,(H2,24,25,26). The molecular formula is C22H29ClN4O2. The van der Waals surface area contributed by atoms with E-state index in [4.69, 9.17) is 16.3 Å². The Bertz CT molecular complexity index is 835. The Hall–Kier alpha value is -2.73. The zero-order valence-corrected chi connectivity index (χ0v) is 18.2. The molecule has 0 aliphatic rings. The van der Waals surface area contributed by atoms with Crippen LogP contribution in [0.25, 0.3) is 0 Å². The number of hydrogen-bond acceptors (Lipinski definition) is 3. The highest BCUT2D eigenvalue weighted by molar-refractivity contribution is 6.31. The minimum atomic E-state index is -0.00718. The van der Waals surface area contributed by atoms with Gasteiger partial charge in [-0.2, -0.15) is 0 Å². The van der Waals surface area contributed by atoms with E-state index in [0.717, 1.165) is 35.8 Å². The minimum absolute atomic E-state index is 0.00718. The van der Waals surface area contributed by atoms with Gasteiger partial charge < -0.3 is 20.3 Å². The van der Waals surface area contributed by atoms with Crippen molar-refractivity contribution in [1.29, 1.82) is 0 Å². The van der Waals surface area contributed by atoms with Crippen LogP contribution in [-0.4, -0.2) is 51.1 Å². The number of nitrogens with zero attached hydrogens (tertiary/aromatic N) is 2. The first-order chi connectivity index (χ1) is 13.9. The van der Waals surface area contributed by atoms with Crippen molar-refractivity contribution in [2.24, 2.45) is 4.99 Å². The lowest BCUT2D eigenvalue weighted by Crippen LogP contribution is -2.38. The van der Waals surface area contributed by atoms with E-state index < -0.39 is 0 Å². The van der Waals surface area contributed by atoms with E-state index in [1.807, 2.05) is 49.4 Å². The van der Waals surface area contributed by atoms with E-state index in [0.29, 0.717) is 23.7 Å². The highest BCUT2D eigenvalue weighted by Crippen LogP contribution is 2.22. The predicted molar refractivity (Wildman–Crippen MR) is 119 cm³/mol. The van der Waals surface area contributed by atoms with Gasteiger partial charge in [-0.1, -0.05) is 29.8 Å². The van der Waals surface area contributed by atoms with E-state index in [2.05, 4.69) is 15.6 Å². The molecular weight excluding hydrogens is 388 g/mol. The van der Waals surface area contributed by atoms with Gasteiger partial charge in [0.2, 0.25) is 0 Å². The summed E-state index contributed by atoms with van der Waals surface area (Å²) in [5.41, 5.74) is 2.76. The number of nitrogens with one attached hydrogen (secondary N) is 2. The van der Waals surface area contributed by atoms with E-state index in [-0.39, 0.29) is 5.91 Å². The predicted octanol–water partition coefficient (Wildman–Crippen LogP) is 3.35. The highest BCUT2D eigenvalue weighted by Gasteiger charge is 2.07. The van der Waals surface area contributed by atoms with Gasteiger partial charge in [0.05, 0.1) is 13.7 Å². The molecule has 2 aromatic rings. The fourth-order valence-corrected chi connectivity index (χ4v) is 2.96. The summed E-state index contributed by atoms with van der Waals surface area (Å²) in [5, 5.41) is 7.26. The number of rotatable bonds is 8. The Balaban J connectivity index is 1.93. The van der Waals surface area contributed by atoms with Crippen LogP contribution in [0, 0.1) is 0 Å². The molecule has 1 amide bonds. The molecule has 0 aliphatic carbocycles. The maximum Gasteiger partial charge on any atom is 0.253 e. The number of aliphatic imine (C=N–C) groups is 1. The van der Waals surface area contributed by atoms with Crippen LogP contribution in [0.3, 0.4) is 0 Å². The average molecular weight is 417 g/mol. The molecule has 0 radical (unpaired) electrons. The van der Waals surface area contributed by atoms with E-state index in [1.54, 1.807) is 26.1 Å². The van der Waals surface area contributed by atoms with Gasteiger partial charge in [0, 0.05) is 37.8 Å². The number of amides is 1. The quantitative estimate of drug-likeness (QED) is 0.511. The van der Waals surface area contributed by atoms with Crippen LogP contribution in [0.2, 0.25) is 5.02 Å². The number of ether oxygens (including phenoxy) is 1. The summed E-state index contributed by atoms with van der Waals surface area (Å²) in [5.74, 6) is 1.48. The number of carbonyl (C=O) groups is 1. The summed E-state index contributed by atoms with van der Waals surface area (Å²) >= 11 is 6.30. The van der Waals surface area contributed by atoms with Crippen molar-refractivity contribution in [2.45, 2.75) is 19.9 Å². The van der Waals surface area contributed by atoms with Crippen molar-refractivity contribution < 1.29 is 9.53 Å². The van der Waals surface area contributed by atoms with Gasteiger partial charge in [0.25, 0.3) is 5.91 Å². The Morgan fingerprint density at radius 1 is 1.14 bits per heavy atom. The highest BCUT2D eigenvalue weighted by atomic mass is 35.5. The number of methoxy groups -OCH3 is 1. The van der Waals surface area contributed by atoms with Crippen molar-refractivity contribution in [2.75, 3.05) is 34.3 Å². The van der Waals surface area contributed by atoms with Crippen molar-refractivity contribution in [3.05, 3.63) is 64.2 Å². The van der Waals surface area contributed by atoms with Crippen LogP contribution in [0.1, 0.15) is 28.4 Å². The van der Waals surface area contributed by atoms with Gasteiger partial charge in [-0.15, -0.1) is 0 Å². The first-order valence-corrected chi connectivity index (χ1v) is 9.97. The number of guanidine groups is 1. The molecule has 7 heteroatoms. The molecule has 2 N–H and O–H groups in total. The molecule has 0 spiro atoms. The molecule has 0 saturated heterocycles. The molecule has 0 aliphatic heterocycles. The van der Waals surface area contributed by atoms with Gasteiger partial charge in [-0.3, -0.25) is 4.79 Å². The summed E-state index contributed by atoms with van der Waals surface area (Å²) in [4.78, 5) is 18.1. The summed E-state index contributed by atoms with van der Waals surface area (Å²) in [6.45, 7) is 4.02. The van der Waals surface area contributed by atoms with E-state index >= 15 is 0 Å². The van der Waals surface area contributed by atoms with Gasteiger partial charge in [0.1, 0.15) is 5.75 Å². The lowest BCUT2D eigenvalue weighted by molar-refractivity contribution is 0.0827. The fraction of sp³-hybridized carbons (Fsp3) is 0.364. The third kappa shape index (κ3) is 6.98. The van der Waals surface area contributed by atoms with Crippen LogP contribution in [-0.2, 0) is 13.0 Å². The van der Waals surface area contributed by atoms with Crippen molar-refractivity contribution in [3.8, 4) is 5.75 Å². The van der Waals surface area contributed by atoms with E-state index in [9.17, 15) is 4.79 Å². The van der Waals surface area contributed by atoms with Crippen LogP contribution in [0.4, 0.5) is 0 Å². The van der Waals surface area contributed by atoms with Gasteiger partial charge in [-0.05, 0) is 48.7 Å². The molecule has 2 rings (SSSR count). The molecule has 0 saturated carbocycles. The maximum absolute atomic E-state index is 12.0. The maximum atomic E-state index is 12.0. The zero-order chi connectivity index (χ0) is 21.2. The molecule has 0 heterocycles. The molecule has 6 nitrogen and oxygen atoms in total. The van der Waals surface area contributed by atoms with Crippen molar-refractivity contribution in [1.82, 2.24) is 15.5 Å². The van der Waals surface area contributed by atoms with Crippen molar-refractivity contribution in [3.63, 3.8) is 0 Å². The molecule has 0 unspecified atom stereocenters. The second kappa shape index (κ2) is 11.3. The third-order valence-corrected chi connectivity index (χ3v) is 4.67. The van der Waals surface area contributed by atoms with Crippen LogP contribution in [0.15, 0.2) is 47.5 Å². The number of benzene rings is 2. The SMILES string of the molecule is CCNC(=NCc1ccc(C(=O)N(C)C)cc1)NCCc1ccc(OC)cc1Cl. The molecule has 156 valence electrons. The molecule has 2 aromatic carbocycles. The third-order valence-electron chi connectivity index (χ3n) is 4.32. The van der Waals surface area contributed by atoms with Crippen LogP contribution >= 0.6 is 11.6 Å². The largest absolute Gasteiger partial charge is 0.497 e. The Morgan fingerprint density at radius 3 is 2.45 bits per heavy atom. The summed E-state index contributed by atoms with van der Waals surface area (Å²) in [6, 6.07) is 13.2. The monoisotopic (exact) mass is 416 g/mol. The van der Waals surface area contributed by atoms with Crippen molar-refractivity contribution >= 4 is 23.5 Å². The average Bonchev–Trinajstić information content (AvgIpc) is 2.72. The summed E-state index contributed by atoms with van der Waals surface area (Å²) in [7, 11) is 5.11. The molecule has 0 bridgehead atoms. The molecule has 29 heavy (non-hydrogen) atoms. The number of halogens is 1. The summed E-state index contributed by atoms with van der Waals surface area (Å²) < 4.78 is 5.18. The Labute approximate surface area is 177 Å². The summed E-state index contributed by atoms with van der Waals surface area (Å²) in [6.07, 6.45) is 0.772. The van der Waals surface area contributed by atoms with Gasteiger partial charge in [0.15, 0.2) is 5.96 Å². The van der Waals surface area contributed by atoms with Gasteiger partial charge in [-0.25, -0.2) is 4.99 Å². The van der Waals surface area contributed by atoms with Crippen LogP contribution < -0.4 is 15.4 Å². The number of hydrogen-bond donors (Lipinski definition) is 2.